The molecular formula is C15H16N4. The maximum Gasteiger partial charge on any atom is 0.126 e. The number of nitrogens with zero attached hydrogens (tertiary/aromatic N) is 3. The van der Waals surface area contributed by atoms with Crippen molar-refractivity contribution >= 4 is 16.7 Å². The summed E-state index contributed by atoms with van der Waals surface area (Å²) in [6.45, 7) is 2.94. The van der Waals surface area contributed by atoms with E-state index in [1.807, 2.05) is 41.2 Å². The molecule has 0 fully saturated rings. The molecule has 0 aliphatic heterocycles. The molecule has 3 rings (SSSR count). The van der Waals surface area contributed by atoms with Crippen LogP contribution in [-0.2, 0) is 6.54 Å². The van der Waals surface area contributed by atoms with Gasteiger partial charge in [0.25, 0.3) is 0 Å². The predicted molar refractivity (Wildman–Crippen MR) is 77.1 cm³/mol. The average molecular weight is 252 g/mol. The van der Waals surface area contributed by atoms with Crippen LogP contribution >= 0.6 is 0 Å². The number of benzene rings is 1. The average Bonchev–Trinajstić information content (AvgIpc) is 2.91. The predicted octanol–water partition coefficient (Wildman–Crippen LogP) is 2.93. The zero-order chi connectivity index (χ0) is 13.1. The van der Waals surface area contributed by atoms with Gasteiger partial charge in [-0.15, -0.1) is 0 Å². The molecule has 4 heteroatoms. The van der Waals surface area contributed by atoms with Crippen molar-refractivity contribution in [2.24, 2.45) is 0 Å². The summed E-state index contributed by atoms with van der Waals surface area (Å²) in [7, 11) is 0. The zero-order valence-corrected chi connectivity index (χ0v) is 10.8. The van der Waals surface area contributed by atoms with Crippen LogP contribution in [0.1, 0.15) is 6.92 Å². The number of anilines is 1. The monoisotopic (exact) mass is 252 g/mol. The van der Waals surface area contributed by atoms with E-state index in [9.17, 15) is 0 Å². The second-order valence-corrected chi connectivity index (χ2v) is 4.66. The molecule has 0 aliphatic carbocycles. The maximum atomic E-state index is 4.60. The van der Waals surface area contributed by atoms with E-state index in [4.69, 9.17) is 0 Å². The summed E-state index contributed by atoms with van der Waals surface area (Å²) in [6, 6.07) is 14.4. The van der Waals surface area contributed by atoms with Crippen molar-refractivity contribution in [1.82, 2.24) is 14.8 Å². The summed E-state index contributed by atoms with van der Waals surface area (Å²) < 4.78 is 1.92. The Balaban J connectivity index is 1.73. The Labute approximate surface area is 112 Å². The van der Waals surface area contributed by atoms with Crippen LogP contribution in [0.25, 0.3) is 10.9 Å². The van der Waals surface area contributed by atoms with Crippen molar-refractivity contribution in [3.05, 3.63) is 54.9 Å². The smallest absolute Gasteiger partial charge is 0.126 e. The van der Waals surface area contributed by atoms with Crippen molar-refractivity contribution in [3.63, 3.8) is 0 Å². The van der Waals surface area contributed by atoms with Gasteiger partial charge in [-0.25, -0.2) is 4.98 Å². The van der Waals surface area contributed by atoms with Crippen molar-refractivity contribution in [1.29, 1.82) is 0 Å². The van der Waals surface area contributed by atoms with E-state index in [0.29, 0.717) is 0 Å². The van der Waals surface area contributed by atoms with Crippen LogP contribution in [0.15, 0.2) is 54.9 Å². The van der Waals surface area contributed by atoms with E-state index in [2.05, 4.69) is 34.5 Å². The van der Waals surface area contributed by atoms with E-state index >= 15 is 0 Å². The molecule has 1 unspecified atom stereocenters. The quantitative estimate of drug-likeness (QED) is 0.776. The molecule has 1 atom stereocenters. The van der Waals surface area contributed by atoms with Gasteiger partial charge in [0.15, 0.2) is 0 Å². The number of rotatable bonds is 4. The molecule has 0 radical (unpaired) electrons. The Morgan fingerprint density at radius 2 is 2.05 bits per heavy atom. The van der Waals surface area contributed by atoms with E-state index < -0.39 is 0 Å². The highest BCUT2D eigenvalue weighted by atomic mass is 15.3. The summed E-state index contributed by atoms with van der Waals surface area (Å²) >= 11 is 0. The highest BCUT2D eigenvalue weighted by Gasteiger charge is 2.04. The number of para-hydroxylation sites is 1. The van der Waals surface area contributed by atoms with E-state index in [0.717, 1.165) is 23.3 Å². The molecule has 96 valence electrons. The summed E-state index contributed by atoms with van der Waals surface area (Å²) in [4.78, 5) is 4.60. The fraction of sp³-hybridized carbons (Fsp3) is 0.200. The fourth-order valence-corrected chi connectivity index (χ4v) is 2.13. The van der Waals surface area contributed by atoms with E-state index in [1.165, 1.54) is 0 Å². The molecule has 0 saturated carbocycles. The molecule has 1 N–H and O–H groups in total. The van der Waals surface area contributed by atoms with Gasteiger partial charge in [-0.2, -0.15) is 5.10 Å². The minimum atomic E-state index is 0.272. The molecular weight excluding hydrogens is 236 g/mol. The number of fused-ring (bicyclic) bond motifs is 1. The second kappa shape index (κ2) is 5.10. The van der Waals surface area contributed by atoms with Gasteiger partial charge < -0.3 is 5.32 Å². The minimum absolute atomic E-state index is 0.272. The van der Waals surface area contributed by atoms with Gasteiger partial charge in [-0.3, -0.25) is 4.68 Å². The first-order chi connectivity index (χ1) is 9.31. The molecule has 0 aliphatic rings. The van der Waals surface area contributed by atoms with Gasteiger partial charge >= 0.3 is 0 Å². The summed E-state index contributed by atoms with van der Waals surface area (Å²) in [5.41, 5.74) is 1.01. The maximum absolute atomic E-state index is 4.60. The molecule has 0 amide bonds. The first-order valence-corrected chi connectivity index (χ1v) is 6.41. The third-order valence-electron chi connectivity index (χ3n) is 3.01. The molecule has 0 bridgehead atoms. The first kappa shape index (κ1) is 11.7. The second-order valence-electron chi connectivity index (χ2n) is 4.66. The highest BCUT2D eigenvalue weighted by molar-refractivity contribution is 5.80. The number of aromatic nitrogens is 3. The van der Waals surface area contributed by atoms with Crippen LogP contribution in [0.2, 0.25) is 0 Å². The Morgan fingerprint density at radius 1 is 1.16 bits per heavy atom. The van der Waals surface area contributed by atoms with Crippen LogP contribution in [0.5, 0.6) is 0 Å². The summed E-state index contributed by atoms with van der Waals surface area (Å²) in [6.07, 6.45) is 3.76. The lowest BCUT2D eigenvalue weighted by Crippen LogP contribution is -2.22. The molecule has 4 nitrogen and oxygen atoms in total. The van der Waals surface area contributed by atoms with Crippen LogP contribution in [0, 0.1) is 0 Å². The van der Waals surface area contributed by atoms with E-state index in [1.54, 1.807) is 6.20 Å². The number of hydrogen-bond donors (Lipinski definition) is 1. The lowest BCUT2D eigenvalue weighted by atomic mass is 10.2. The number of nitrogens with one attached hydrogen (secondary N) is 1. The third-order valence-corrected chi connectivity index (χ3v) is 3.01. The molecule has 0 spiro atoms. The van der Waals surface area contributed by atoms with Gasteiger partial charge in [0.05, 0.1) is 12.1 Å². The number of pyridine rings is 1. The van der Waals surface area contributed by atoms with E-state index in [-0.39, 0.29) is 6.04 Å². The number of hydrogen-bond acceptors (Lipinski definition) is 3. The lowest BCUT2D eigenvalue weighted by molar-refractivity contribution is 0.560. The molecule has 2 aromatic heterocycles. The van der Waals surface area contributed by atoms with Crippen LogP contribution in [0.4, 0.5) is 5.82 Å². The Bertz CT molecular complexity index is 661. The van der Waals surface area contributed by atoms with Crippen molar-refractivity contribution in [3.8, 4) is 0 Å². The Kier molecular flexibility index (Phi) is 3.14. The topological polar surface area (TPSA) is 42.7 Å². The molecule has 2 heterocycles. The lowest BCUT2D eigenvalue weighted by Gasteiger charge is -2.14. The highest BCUT2D eigenvalue weighted by Crippen LogP contribution is 2.15. The largest absolute Gasteiger partial charge is 0.366 e. The van der Waals surface area contributed by atoms with Crippen LogP contribution in [0.3, 0.4) is 0 Å². The van der Waals surface area contributed by atoms with Gasteiger partial charge in [0, 0.05) is 23.8 Å². The van der Waals surface area contributed by atoms with Gasteiger partial charge in [-0.1, -0.05) is 18.2 Å². The van der Waals surface area contributed by atoms with Crippen LogP contribution < -0.4 is 5.32 Å². The third kappa shape index (κ3) is 2.73. The Morgan fingerprint density at radius 3 is 2.89 bits per heavy atom. The zero-order valence-electron chi connectivity index (χ0n) is 10.8. The van der Waals surface area contributed by atoms with Crippen molar-refractivity contribution < 1.29 is 0 Å². The summed E-state index contributed by atoms with van der Waals surface area (Å²) in [5.74, 6) is 0.901. The molecule has 19 heavy (non-hydrogen) atoms. The molecule has 1 aromatic carbocycles. The molecule has 0 saturated heterocycles. The van der Waals surface area contributed by atoms with Crippen LogP contribution in [-0.4, -0.2) is 20.8 Å². The van der Waals surface area contributed by atoms with Crippen molar-refractivity contribution in [2.75, 3.05) is 5.32 Å². The minimum Gasteiger partial charge on any atom is -0.366 e. The standard InChI is InChI=1S/C15H16N4/c1-12(11-19-10-4-9-16-19)17-15-8-7-13-5-2-3-6-14(13)18-15/h2-10,12H,11H2,1H3,(H,17,18). The van der Waals surface area contributed by atoms with Gasteiger partial charge in [-0.05, 0) is 31.2 Å². The summed E-state index contributed by atoms with van der Waals surface area (Å²) in [5, 5.41) is 8.76. The molecule has 3 aromatic rings. The fourth-order valence-electron chi connectivity index (χ4n) is 2.13. The van der Waals surface area contributed by atoms with Gasteiger partial charge in [0.1, 0.15) is 5.82 Å². The van der Waals surface area contributed by atoms with Gasteiger partial charge in [0.2, 0.25) is 0 Å². The normalized spacial score (nSPS) is 12.5. The van der Waals surface area contributed by atoms with Crippen molar-refractivity contribution in [2.45, 2.75) is 19.5 Å². The Hall–Kier alpha value is -2.36. The SMILES string of the molecule is CC(Cn1cccn1)Nc1ccc2ccccc2n1. The first-order valence-electron chi connectivity index (χ1n) is 6.41.